The largest absolute Gasteiger partial charge is 0.372 e. The molecule has 372 valence electrons. The van der Waals surface area contributed by atoms with Gasteiger partial charge in [0.1, 0.15) is 11.9 Å². The molecule has 9 rings (SSSR count). The number of halogens is 3. The van der Waals surface area contributed by atoms with Crippen LogP contribution in [0.15, 0.2) is 65.5 Å². The van der Waals surface area contributed by atoms with Crippen LogP contribution in [0.4, 0.5) is 10.1 Å². The van der Waals surface area contributed by atoms with Crippen molar-refractivity contribution in [2.24, 2.45) is 30.5 Å². The Morgan fingerprint density at radius 3 is 2.30 bits per heavy atom. The Morgan fingerprint density at radius 1 is 0.913 bits per heavy atom. The summed E-state index contributed by atoms with van der Waals surface area (Å²) in [6, 6.07) is 17.5. The number of carbonyl (C=O) groups is 5. The molecule has 17 heteroatoms. The summed E-state index contributed by atoms with van der Waals surface area (Å²) < 4.78 is 17.9. The van der Waals surface area contributed by atoms with Crippen LogP contribution in [0.25, 0.3) is 11.0 Å². The molecule has 2 saturated carbocycles. The fraction of sp³-hybridized carbons (Fsp3) is 0.538. The highest BCUT2D eigenvalue weighted by molar-refractivity contribution is 6.31. The quantitative estimate of drug-likeness (QED) is 0.0932. The van der Waals surface area contributed by atoms with E-state index >= 15 is 0 Å². The maximum Gasteiger partial charge on any atom is 0.329 e. The minimum Gasteiger partial charge on any atom is -0.372 e. The van der Waals surface area contributed by atoms with Crippen LogP contribution < -0.4 is 27.4 Å². The average Bonchev–Trinajstić information content (AvgIpc) is 3.82. The van der Waals surface area contributed by atoms with E-state index in [1.807, 2.05) is 24.3 Å². The van der Waals surface area contributed by atoms with E-state index in [2.05, 4.69) is 38.5 Å². The summed E-state index contributed by atoms with van der Waals surface area (Å²) in [7, 11) is 3.89. The molecule has 5 amide bonds. The van der Waals surface area contributed by atoms with Crippen LogP contribution in [0.2, 0.25) is 10.0 Å². The molecular formula is C52H67Cl2FN8O6. The van der Waals surface area contributed by atoms with Crippen molar-refractivity contribution < 1.29 is 28.4 Å². The normalized spacial score (nSPS) is 21.8. The zero-order valence-electron chi connectivity index (χ0n) is 39.8. The van der Waals surface area contributed by atoms with E-state index in [0.717, 1.165) is 101 Å². The van der Waals surface area contributed by atoms with Gasteiger partial charge in [0.05, 0.1) is 22.0 Å². The van der Waals surface area contributed by atoms with Crippen molar-refractivity contribution in [3.63, 3.8) is 0 Å². The van der Waals surface area contributed by atoms with Crippen LogP contribution in [0, 0.1) is 23.6 Å². The molecule has 3 atom stereocenters. The third kappa shape index (κ3) is 12.3. The Balaban J connectivity index is 0.000000201. The first-order valence-electron chi connectivity index (χ1n) is 24.6. The smallest absolute Gasteiger partial charge is 0.329 e. The monoisotopic (exact) mass is 988 g/mol. The van der Waals surface area contributed by atoms with E-state index in [1.165, 1.54) is 30.3 Å². The second-order valence-electron chi connectivity index (χ2n) is 19.6. The lowest BCUT2D eigenvalue weighted by molar-refractivity contribution is -0.138. The summed E-state index contributed by atoms with van der Waals surface area (Å²) in [6.45, 7) is 4.28. The first-order valence-corrected chi connectivity index (χ1v) is 25.4. The Kier molecular flexibility index (Phi) is 17.8. The molecule has 3 aromatic carbocycles. The summed E-state index contributed by atoms with van der Waals surface area (Å²) in [5, 5.41) is 9.62. The zero-order chi connectivity index (χ0) is 49.2. The Labute approximate surface area is 413 Å². The zero-order valence-corrected chi connectivity index (χ0v) is 41.3. The molecule has 0 radical (unpaired) electrons. The predicted octanol–water partition coefficient (Wildman–Crippen LogP) is 7.49. The number of nitrogens with zero attached hydrogens (tertiary/aromatic N) is 4. The van der Waals surface area contributed by atoms with Crippen LogP contribution in [-0.2, 0) is 37.4 Å². The predicted molar refractivity (Wildman–Crippen MR) is 267 cm³/mol. The van der Waals surface area contributed by atoms with Gasteiger partial charge in [-0.3, -0.25) is 38.4 Å². The maximum atomic E-state index is 14.8. The lowest BCUT2D eigenvalue weighted by atomic mass is 9.69. The summed E-state index contributed by atoms with van der Waals surface area (Å²) in [5.74, 6) is -0.594. The average molecular weight is 990 g/mol. The van der Waals surface area contributed by atoms with Gasteiger partial charge in [0, 0.05) is 74.3 Å². The van der Waals surface area contributed by atoms with Crippen molar-refractivity contribution in [1.82, 2.24) is 29.6 Å². The number of rotatable bonds is 10. The number of aromatic nitrogens is 2. The fourth-order valence-corrected chi connectivity index (χ4v) is 11.9. The van der Waals surface area contributed by atoms with E-state index in [9.17, 15) is 28.4 Å². The Morgan fingerprint density at radius 2 is 1.61 bits per heavy atom. The SMILES string of the molecule is CN(CCc1ccc2c(c1)n(C)c(=O)n2C1CCC(=O)NC1=O)CC1CCN(C(=O)C2CCCCC2)CC1.NC=O.O=C(Nc1cccc(Cl)c1)C1C(c2cccc(Cl)c2F)CNC12CCCCC2. The van der Waals surface area contributed by atoms with Gasteiger partial charge in [0.2, 0.25) is 30.0 Å². The van der Waals surface area contributed by atoms with Gasteiger partial charge >= 0.3 is 5.69 Å². The summed E-state index contributed by atoms with van der Waals surface area (Å²) in [6.07, 6.45) is 14.8. The van der Waals surface area contributed by atoms with Gasteiger partial charge < -0.3 is 26.2 Å². The van der Waals surface area contributed by atoms with Crippen molar-refractivity contribution in [1.29, 1.82) is 0 Å². The number of aryl methyl sites for hydroxylation is 1. The number of carbonyl (C=O) groups excluding carboxylic acids is 5. The number of anilines is 1. The number of imidazole rings is 1. The van der Waals surface area contributed by atoms with Crippen LogP contribution >= 0.6 is 23.2 Å². The number of hydrogen-bond donors (Lipinski definition) is 4. The number of nitrogens with one attached hydrogen (secondary N) is 3. The molecule has 0 bridgehead atoms. The Bertz CT molecular complexity index is 2530. The molecule has 5 fully saturated rings. The lowest BCUT2D eigenvalue weighted by Gasteiger charge is -2.39. The molecule has 5 N–H and O–H groups in total. The van der Waals surface area contributed by atoms with Gasteiger partial charge in [-0.05, 0) is 112 Å². The van der Waals surface area contributed by atoms with E-state index in [4.69, 9.17) is 28.0 Å². The van der Waals surface area contributed by atoms with Crippen LogP contribution in [-0.4, -0.2) is 94.3 Å². The number of hydrogen-bond acceptors (Lipinski definition) is 8. The second-order valence-corrected chi connectivity index (χ2v) is 20.4. The van der Waals surface area contributed by atoms with Crippen molar-refractivity contribution in [3.8, 4) is 0 Å². The summed E-state index contributed by atoms with van der Waals surface area (Å²) >= 11 is 12.1. The summed E-state index contributed by atoms with van der Waals surface area (Å²) in [4.78, 5) is 76.3. The van der Waals surface area contributed by atoms with Crippen LogP contribution in [0.3, 0.4) is 0 Å². The van der Waals surface area contributed by atoms with E-state index in [0.29, 0.717) is 41.1 Å². The molecule has 1 aromatic heterocycles. The number of fused-ring (bicyclic) bond motifs is 1. The minimum atomic E-state index is -0.662. The van der Waals surface area contributed by atoms with Gasteiger partial charge in [-0.1, -0.05) is 86.0 Å². The number of likely N-dealkylation sites (tertiary alicyclic amines) is 1. The van der Waals surface area contributed by atoms with Gasteiger partial charge in [0.25, 0.3) is 0 Å². The standard InChI is InChI=1S/C29H41N5O4.C22H23Cl2FN2O.CH3NO/c1-31(19-21-13-16-33(17-14-21)28(37)22-6-4-3-5-7-22)15-12-20-8-9-23-25(18-20)32(2)29(38)34(23)24-10-11-26(35)30-27(24)36;23-14-6-4-7-15(12-14)27-21(28)19-17(16-8-5-9-18(24)20(16)25)13-26-22(19)10-2-1-3-11-22;2-1-3/h8-9,18,21-22,24H,3-7,10-17,19H2,1-2H3,(H,30,35,36);4-9,12,17,19,26H,1-3,10-11,13H2,(H,27,28);1H,(H2,2,3). The number of amides is 5. The van der Waals surface area contributed by atoms with Crippen molar-refractivity contribution in [3.05, 3.63) is 98.1 Å². The molecule has 14 nitrogen and oxygen atoms in total. The highest BCUT2D eigenvalue weighted by Gasteiger charge is 2.53. The molecule has 2 aliphatic carbocycles. The Hall–Kier alpha value is -5.09. The number of imide groups is 1. The third-order valence-corrected chi connectivity index (χ3v) is 15.6. The molecule has 4 aromatic rings. The molecular weight excluding hydrogens is 923 g/mol. The highest BCUT2D eigenvalue weighted by atomic mass is 35.5. The number of benzene rings is 3. The molecule has 3 aliphatic heterocycles. The van der Waals surface area contributed by atoms with Gasteiger partial charge in [-0.25, -0.2) is 9.18 Å². The van der Waals surface area contributed by atoms with E-state index in [1.54, 1.807) is 48.0 Å². The molecule has 4 heterocycles. The number of likely N-dealkylation sites (N-methyl/N-ethyl adjacent to an activating group) is 1. The second kappa shape index (κ2) is 23.7. The summed E-state index contributed by atoms with van der Waals surface area (Å²) in [5.41, 5.74) is 7.45. The minimum absolute atomic E-state index is 0.0936. The van der Waals surface area contributed by atoms with Crippen molar-refractivity contribution >= 4 is 70.0 Å². The number of primary amides is 1. The topological polar surface area (TPSA) is 181 Å². The van der Waals surface area contributed by atoms with Crippen LogP contribution in [0.5, 0.6) is 0 Å². The van der Waals surface area contributed by atoms with E-state index in [-0.39, 0.29) is 58.7 Å². The highest BCUT2D eigenvalue weighted by Crippen LogP contribution is 2.47. The molecule has 1 spiro atoms. The van der Waals surface area contributed by atoms with Crippen LogP contribution in [0.1, 0.15) is 113 Å². The third-order valence-electron chi connectivity index (χ3n) is 15.1. The molecule has 5 aliphatic rings. The van der Waals surface area contributed by atoms with Gasteiger partial charge in [-0.2, -0.15) is 0 Å². The first-order chi connectivity index (χ1) is 33.2. The number of nitrogens with two attached hydrogens (primary N) is 1. The molecule has 3 saturated heterocycles. The first kappa shape index (κ1) is 51.8. The van der Waals surface area contributed by atoms with Crippen molar-refractivity contribution in [2.75, 3.05) is 45.1 Å². The van der Waals surface area contributed by atoms with Gasteiger partial charge in [-0.15, -0.1) is 0 Å². The van der Waals surface area contributed by atoms with Crippen molar-refractivity contribution in [2.45, 2.75) is 114 Å². The maximum absolute atomic E-state index is 14.8. The molecule has 3 unspecified atom stereocenters. The molecule has 69 heavy (non-hydrogen) atoms. The number of piperidine rings is 2. The van der Waals surface area contributed by atoms with Gasteiger partial charge in [0.15, 0.2) is 0 Å². The van der Waals surface area contributed by atoms with E-state index < -0.39 is 17.8 Å². The fourth-order valence-electron chi connectivity index (χ4n) is 11.5. The lowest BCUT2D eigenvalue weighted by Crippen LogP contribution is -2.50.